The predicted octanol–water partition coefficient (Wildman–Crippen LogP) is 3.88. The molecule has 8 heteroatoms. The fourth-order valence-electron chi connectivity index (χ4n) is 3.22. The second-order valence-electron chi connectivity index (χ2n) is 7.13. The van der Waals surface area contributed by atoms with Crippen molar-refractivity contribution in [2.45, 2.75) is 27.3 Å². The molecule has 0 fully saturated rings. The van der Waals surface area contributed by atoms with Crippen LogP contribution in [0.1, 0.15) is 16.7 Å². The molecule has 1 radical (unpaired) electrons. The summed E-state index contributed by atoms with van der Waals surface area (Å²) < 4.78 is 19.1. The van der Waals surface area contributed by atoms with Gasteiger partial charge in [-0.1, -0.05) is 11.6 Å². The van der Waals surface area contributed by atoms with Gasteiger partial charge in [0.1, 0.15) is 12.4 Å². The summed E-state index contributed by atoms with van der Waals surface area (Å²) in [5, 5.41) is 0.911. The summed E-state index contributed by atoms with van der Waals surface area (Å²) in [6, 6.07) is 10.8. The third kappa shape index (κ3) is 5.00. The summed E-state index contributed by atoms with van der Waals surface area (Å²) in [6.07, 6.45) is 4.19. The number of aromatic amines is 1. The van der Waals surface area contributed by atoms with E-state index in [1.807, 2.05) is 45.0 Å². The minimum Gasteiger partial charge on any atom is -0.587 e. The number of nitrogens with zero attached hydrogens (tertiary/aromatic N) is 1. The molecule has 4 aromatic rings. The van der Waals surface area contributed by atoms with Gasteiger partial charge in [0, 0.05) is 50.6 Å². The van der Waals surface area contributed by atoms with Crippen molar-refractivity contribution in [1.29, 1.82) is 0 Å². The van der Waals surface area contributed by atoms with Crippen molar-refractivity contribution in [3.05, 3.63) is 86.4 Å². The smallest absolute Gasteiger partial charge is 0.328 e. The van der Waals surface area contributed by atoms with E-state index in [1.165, 1.54) is 16.8 Å². The fourth-order valence-corrected chi connectivity index (χ4v) is 3.22. The molecule has 7 nitrogen and oxygen atoms in total. The zero-order valence-electron chi connectivity index (χ0n) is 17.5. The van der Waals surface area contributed by atoms with E-state index in [0.29, 0.717) is 22.8 Å². The quantitative estimate of drug-likeness (QED) is 0.412. The topological polar surface area (TPSA) is 86.5 Å². The third-order valence-corrected chi connectivity index (χ3v) is 4.94. The number of H-pyrrole nitrogens is 1. The molecule has 157 valence electrons. The molecule has 2 aromatic heterocycles. The minimum absolute atomic E-state index is 0. The number of rotatable bonds is 6. The number of furan rings is 1. The van der Waals surface area contributed by atoms with Crippen molar-refractivity contribution < 1.29 is 46.6 Å². The van der Waals surface area contributed by atoms with E-state index >= 15 is 0 Å². The minimum atomic E-state index is -0.472. The van der Waals surface area contributed by atoms with E-state index in [0.717, 1.165) is 22.1 Å². The van der Waals surface area contributed by atoms with Gasteiger partial charge in [-0.3, -0.25) is 14.3 Å². The maximum Gasteiger partial charge on any atom is 0.328 e. The van der Waals surface area contributed by atoms with Gasteiger partial charge in [0.15, 0.2) is 11.5 Å². The molecule has 0 aliphatic heterocycles. The first kappa shape index (κ1) is 23.0. The fraction of sp³-hybridized carbons (Fsp3) is 0.217. The molecular weight excluding hydrogens is 473 g/mol. The van der Waals surface area contributed by atoms with Gasteiger partial charge in [0.05, 0.1) is 6.54 Å². The van der Waals surface area contributed by atoms with Crippen molar-refractivity contribution in [2.24, 2.45) is 0 Å². The van der Waals surface area contributed by atoms with Crippen molar-refractivity contribution in [3.63, 3.8) is 0 Å². The Morgan fingerprint density at radius 1 is 1.10 bits per heavy atom. The normalized spacial score (nSPS) is 10.7. The molecule has 0 amide bonds. The Balaban J connectivity index is 0.00000272. The van der Waals surface area contributed by atoms with Crippen LogP contribution in [0.4, 0.5) is 0 Å². The Morgan fingerprint density at radius 3 is 2.68 bits per heavy atom. The standard InChI is InChI=1S/C23H21N2O5.Y/c1-14-12-17-7-10-28-22(17)19(13-14)30-18-5-4-15(2)16(3)21(18)29-11-9-25-8-6-20(26)24-23(25)27;/h4-8,12-13H,9,11H2,1-3H3,(H,24,26,27);/q-1;. The first-order valence-corrected chi connectivity index (χ1v) is 9.53. The average Bonchev–Trinajstić information content (AvgIpc) is 3.17. The Labute approximate surface area is 203 Å². The molecule has 0 spiro atoms. The predicted molar refractivity (Wildman–Crippen MR) is 113 cm³/mol. The number of nitrogens with one attached hydrogen (secondary N) is 1. The van der Waals surface area contributed by atoms with Crippen LogP contribution < -0.4 is 20.7 Å². The molecule has 0 saturated carbocycles. The van der Waals surface area contributed by atoms with Crippen molar-refractivity contribution >= 4 is 11.0 Å². The van der Waals surface area contributed by atoms with Crippen LogP contribution in [0.15, 0.2) is 56.6 Å². The molecule has 0 atom stereocenters. The number of hydrogen-bond donors (Lipinski definition) is 1. The van der Waals surface area contributed by atoms with Crippen LogP contribution in [0.2, 0.25) is 0 Å². The molecule has 1 N–H and O–H groups in total. The van der Waals surface area contributed by atoms with Gasteiger partial charge in [-0.05, 0) is 50.3 Å². The molecular formula is C23H21N2O5Y-. The second-order valence-corrected chi connectivity index (χ2v) is 7.13. The number of benzene rings is 2. The Hall–Kier alpha value is -2.64. The SMILES string of the molecule is Cc1cc(Oc2ccc(C)c(C)c2OCCn2ccc(=O)[nH]c2=O)c2o[c-]cc2c1.[Y]. The van der Waals surface area contributed by atoms with E-state index < -0.39 is 11.2 Å². The van der Waals surface area contributed by atoms with Gasteiger partial charge in [0.25, 0.3) is 5.56 Å². The molecule has 2 heterocycles. The van der Waals surface area contributed by atoms with E-state index in [-0.39, 0.29) is 45.9 Å². The molecule has 0 aliphatic carbocycles. The van der Waals surface area contributed by atoms with Crippen LogP contribution in [0.3, 0.4) is 0 Å². The Morgan fingerprint density at radius 2 is 1.90 bits per heavy atom. The third-order valence-electron chi connectivity index (χ3n) is 4.94. The van der Waals surface area contributed by atoms with E-state index in [9.17, 15) is 9.59 Å². The number of ether oxygens (including phenoxy) is 2. The van der Waals surface area contributed by atoms with Crippen LogP contribution in [0.25, 0.3) is 11.0 Å². The summed E-state index contributed by atoms with van der Waals surface area (Å²) in [4.78, 5) is 25.3. The first-order chi connectivity index (χ1) is 14.4. The first-order valence-electron chi connectivity index (χ1n) is 9.53. The van der Waals surface area contributed by atoms with Crippen LogP contribution >= 0.6 is 0 Å². The number of hydrogen-bond acceptors (Lipinski definition) is 5. The van der Waals surface area contributed by atoms with Crippen LogP contribution in [-0.2, 0) is 39.3 Å². The molecule has 0 unspecified atom stereocenters. The van der Waals surface area contributed by atoms with E-state index in [4.69, 9.17) is 13.9 Å². The van der Waals surface area contributed by atoms with Gasteiger partial charge < -0.3 is 13.9 Å². The maximum atomic E-state index is 11.9. The summed E-state index contributed by atoms with van der Waals surface area (Å²) in [5.74, 6) is 1.73. The zero-order chi connectivity index (χ0) is 21.3. The molecule has 4 rings (SSSR count). The number of aromatic nitrogens is 2. The van der Waals surface area contributed by atoms with Gasteiger partial charge in [-0.2, -0.15) is 0 Å². The van der Waals surface area contributed by atoms with Crippen LogP contribution in [0, 0.1) is 27.0 Å². The number of aryl methyl sites for hydroxylation is 2. The van der Waals surface area contributed by atoms with Crippen LogP contribution in [-0.4, -0.2) is 16.2 Å². The Bertz CT molecular complexity index is 1340. The molecule has 0 aliphatic rings. The van der Waals surface area contributed by atoms with E-state index in [1.54, 1.807) is 6.07 Å². The second kappa shape index (κ2) is 9.66. The maximum absolute atomic E-state index is 11.9. The number of fused-ring (bicyclic) bond motifs is 1. The van der Waals surface area contributed by atoms with Gasteiger partial charge in [-0.15, -0.1) is 17.5 Å². The van der Waals surface area contributed by atoms with Crippen LogP contribution in [0.5, 0.6) is 17.2 Å². The van der Waals surface area contributed by atoms with Crippen molar-refractivity contribution in [3.8, 4) is 17.2 Å². The van der Waals surface area contributed by atoms with Crippen molar-refractivity contribution in [2.75, 3.05) is 6.61 Å². The van der Waals surface area contributed by atoms with Gasteiger partial charge in [-0.25, -0.2) is 4.79 Å². The monoisotopic (exact) mass is 494 g/mol. The van der Waals surface area contributed by atoms with Gasteiger partial charge in [0.2, 0.25) is 0 Å². The molecule has 31 heavy (non-hydrogen) atoms. The molecule has 0 bridgehead atoms. The summed E-state index contributed by atoms with van der Waals surface area (Å²) in [6.45, 7) is 6.44. The zero-order valence-corrected chi connectivity index (χ0v) is 20.4. The largest absolute Gasteiger partial charge is 0.587 e. The summed E-state index contributed by atoms with van der Waals surface area (Å²) >= 11 is 0. The van der Waals surface area contributed by atoms with Crippen molar-refractivity contribution in [1.82, 2.24) is 9.55 Å². The summed E-state index contributed by atoms with van der Waals surface area (Å²) in [7, 11) is 0. The van der Waals surface area contributed by atoms with E-state index in [2.05, 4.69) is 11.2 Å². The molecule has 0 saturated heterocycles. The Kier molecular flexibility index (Phi) is 7.18. The summed E-state index contributed by atoms with van der Waals surface area (Å²) in [5.41, 5.74) is 2.75. The average molecular weight is 494 g/mol. The van der Waals surface area contributed by atoms with Gasteiger partial charge >= 0.3 is 5.69 Å². The molecule has 2 aromatic carbocycles.